The van der Waals surface area contributed by atoms with E-state index in [-0.39, 0.29) is 17.5 Å². The fourth-order valence-electron chi connectivity index (χ4n) is 1.88. The molecule has 0 saturated carbocycles. The van der Waals surface area contributed by atoms with E-state index in [0.29, 0.717) is 13.0 Å². The predicted molar refractivity (Wildman–Crippen MR) is 74.0 cm³/mol. The second-order valence-corrected chi connectivity index (χ2v) is 6.66. The van der Waals surface area contributed by atoms with Crippen molar-refractivity contribution in [3.8, 4) is 0 Å². The number of nitro benzene ring substituents is 1. The van der Waals surface area contributed by atoms with Gasteiger partial charge in [0.25, 0.3) is 5.69 Å². The van der Waals surface area contributed by atoms with Gasteiger partial charge in [0.15, 0.2) is 0 Å². The lowest BCUT2D eigenvalue weighted by molar-refractivity contribution is -0.384. The highest BCUT2D eigenvalue weighted by atomic mass is 32.2. The number of hydrogen-bond donors (Lipinski definition) is 1. The van der Waals surface area contributed by atoms with Gasteiger partial charge in [-0.2, -0.15) is 0 Å². The van der Waals surface area contributed by atoms with Crippen molar-refractivity contribution < 1.29 is 13.3 Å². The van der Waals surface area contributed by atoms with Crippen LogP contribution in [0.2, 0.25) is 0 Å². The van der Waals surface area contributed by atoms with Crippen molar-refractivity contribution in [2.24, 2.45) is 0 Å². The molecule has 1 aromatic carbocycles. The first kappa shape index (κ1) is 15.6. The number of sulfone groups is 1. The number of benzene rings is 1. The van der Waals surface area contributed by atoms with E-state index >= 15 is 0 Å². The van der Waals surface area contributed by atoms with Crippen molar-refractivity contribution in [1.82, 2.24) is 5.32 Å². The maximum atomic E-state index is 11.3. The normalized spacial score (nSPS) is 13.2. The Bertz CT molecular complexity index is 525. The zero-order chi connectivity index (χ0) is 14.5. The molecule has 0 radical (unpaired) electrons. The van der Waals surface area contributed by atoms with Gasteiger partial charge in [-0.3, -0.25) is 10.1 Å². The van der Waals surface area contributed by atoms with Gasteiger partial charge in [-0.15, -0.1) is 0 Å². The van der Waals surface area contributed by atoms with E-state index in [2.05, 4.69) is 5.32 Å². The van der Waals surface area contributed by atoms with Gasteiger partial charge >= 0.3 is 0 Å². The summed E-state index contributed by atoms with van der Waals surface area (Å²) in [6.45, 7) is 2.58. The Morgan fingerprint density at radius 2 is 1.89 bits per heavy atom. The van der Waals surface area contributed by atoms with Gasteiger partial charge in [-0.1, -0.05) is 19.1 Å². The summed E-state index contributed by atoms with van der Waals surface area (Å²) in [5.74, 6) is 0.0534. The van der Waals surface area contributed by atoms with Crippen LogP contribution in [-0.4, -0.2) is 37.9 Å². The summed E-state index contributed by atoms with van der Waals surface area (Å²) >= 11 is 0. The Labute approximate surface area is 112 Å². The summed E-state index contributed by atoms with van der Waals surface area (Å²) in [7, 11) is -3.06. The molecule has 1 rings (SSSR count). The quantitative estimate of drug-likeness (QED) is 0.600. The molecule has 0 aromatic heterocycles. The summed E-state index contributed by atoms with van der Waals surface area (Å²) in [5.41, 5.74) is 0.909. The molecule has 0 heterocycles. The predicted octanol–water partition coefficient (Wildman–Crippen LogP) is 1.16. The van der Waals surface area contributed by atoms with Gasteiger partial charge in [0.2, 0.25) is 0 Å². The number of nitrogens with zero attached hydrogens (tertiary/aromatic N) is 1. The molecule has 0 aliphatic carbocycles. The van der Waals surface area contributed by atoms with Gasteiger partial charge in [-0.05, 0) is 18.5 Å². The lowest BCUT2D eigenvalue weighted by Crippen LogP contribution is -2.37. The van der Waals surface area contributed by atoms with Crippen LogP contribution in [-0.2, 0) is 16.3 Å². The zero-order valence-corrected chi connectivity index (χ0v) is 11.8. The van der Waals surface area contributed by atoms with Crippen LogP contribution in [0.25, 0.3) is 0 Å². The summed E-state index contributed by atoms with van der Waals surface area (Å²) < 4.78 is 22.6. The maximum absolute atomic E-state index is 11.3. The molecule has 1 N–H and O–H groups in total. The van der Waals surface area contributed by atoms with Crippen molar-refractivity contribution >= 4 is 15.5 Å². The molecule has 0 aliphatic rings. The van der Waals surface area contributed by atoms with Gasteiger partial charge in [0.1, 0.15) is 9.84 Å². The molecule has 1 unspecified atom stereocenters. The van der Waals surface area contributed by atoms with E-state index in [1.165, 1.54) is 18.4 Å². The van der Waals surface area contributed by atoms with Gasteiger partial charge in [0.05, 0.1) is 10.7 Å². The van der Waals surface area contributed by atoms with Gasteiger partial charge < -0.3 is 5.32 Å². The van der Waals surface area contributed by atoms with Gasteiger partial charge in [0, 0.05) is 24.4 Å². The number of nitro groups is 1. The molecule has 6 nitrogen and oxygen atoms in total. The van der Waals surface area contributed by atoms with Crippen LogP contribution in [0.5, 0.6) is 0 Å². The molecule has 0 aliphatic heterocycles. The first-order valence-corrected chi connectivity index (χ1v) is 8.02. The summed E-state index contributed by atoms with van der Waals surface area (Å²) in [6.07, 6.45) is 1.73. The molecule has 7 heteroatoms. The summed E-state index contributed by atoms with van der Waals surface area (Å²) in [6, 6.07) is 5.99. The van der Waals surface area contributed by atoms with E-state index < -0.39 is 14.8 Å². The lowest BCUT2D eigenvalue weighted by atomic mass is 10.1. The van der Waals surface area contributed by atoms with Crippen LogP contribution in [0.1, 0.15) is 12.5 Å². The Hall–Kier alpha value is -1.47. The fraction of sp³-hybridized carbons (Fsp3) is 0.500. The number of likely N-dealkylation sites (N-methyl/N-ethyl adjacent to an activating group) is 1. The number of non-ortho nitro benzene ring substituents is 1. The highest BCUT2D eigenvalue weighted by Gasteiger charge is 2.15. The maximum Gasteiger partial charge on any atom is 0.269 e. The van der Waals surface area contributed by atoms with E-state index in [0.717, 1.165) is 5.56 Å². The third-order valence-corrected chi connectivity index (χ3v) is 3.63. The average molecular weight is 286 g/mol. The Kier molecular flexibility index (Phi) is 5.44. The number of rotatable bonds is 7. The van der Waals surface area contributed by atoms with Crippen LogP contribution in [0.3, 0.4) is 0 Å². The standard InChI is InChI=1S/C12H18N2O4S/c1-3-13-11(9-19(2,17)18)8-10-4-6-12(7-5-10)14(15)16/h4-7,11,13H,3,8-9H2,1-2H3. The first-order valence-electron chi connectivity index (χ1n) is 5.96. The van der Waals surface area contributed by atoms with Crippen molar-refractivity contribution in [3.63, 3.8) is 0 Å². The molecule has 0 spiro atoms. The lowest BCUT2D eigenvalue weighted by Gasteiger charge is -2.16. The Morgan fingerprint density at radius 1 is 1.32 bits per heavy atom. The molecular formula is C12H18N2O4S. The molecule has 106 valence electrons. The van der Waals surface area contributed by atoms with E-state index in [4.69, 9.17) is 0 Å². The molecular weight excluding hydrogens is 268 g/mol. The molecule has 0 bridgehead atoms. The van der Waals surface area contributed by atoms with Crippen LogP contribution in [0, 0.1) is 10.1 Å². The van der Waals surface area contributed by atoms with Crippen LogP contribution in [0.4, 0.5) is 5.69 Å². The zero-order valence-electron chi connectivity index (χ0n) is 11.0. The largest absolute Gasteiger partial charge is 0.313 e. The van der Waals surface area contributed by atoms with Crippen molar-refractivity contribution in [2.45, 2.75) is 19.4 Å². The molecule has 0 amide bonds. The van der Waals surface area contributed by atoms with Crippen LogP contribution < -0.4 is 5.32 Å². The SMILES string of the molecule is CCNC(Cc1ccc([N+](=O)[O-])cc1)CS(C)(=O)=O. The van der Waals surface area contributed by atoms with Gasteiger partial charge in [-0.25, -0.2) is 8.42 Å². The van der Waals surface area contributed by atoms with E-state index in [1.54, 1.807) is 12.1 Å². The minimum absolute atomic E-state index is 0.0341. The number of nitrogens with one attached hydrogen (secondary N) is 1. The Morgan fingerprint density at radius 3 is 2.32 bits per heavy atom. The molecule has 0 fully saturated rings. The summed E-state index contributed by atoms with van der Waals surface area (Å²) in [4.78, 5) is 10.1. The monoisotopic (exact) mass is 286 g/mol. The second-order valence-electron chi connectivity index (χ2n) is 4.47. The third-order valence-electron chi connectivity index (χ3n) is 2.63. The van der Waals surface area contributed by atoms with Crippen molar-refractivity contribution in [2.75, 3.05) is 18.6 Å². The molecule has 1 aromatic rings. The minimum atomic E-state index is -3.06. The molecule has 0 saturated heterocycles. The fourth-order valence-corrected chi connectivity index (χ4v) is 2.85. The Balaban J connectivity index is 2.76. The second kappa shape index (κ2) is 6.63. The summed E-state index contributed by atoms with van der Waals surface area (Å²) in [5, 5.41) is 13.7. The highest BCUT2D eigenvalue weighted by Crippen LogP contribution is 2.13. The van der Waals surface area contributed by atoms with Crippen molar-refractivity contribution in [3.05, 3.63) is 39.9 Å². The van der Waals surface area contributed by atoms with Crippen molar-refractivity contribution in [1.29, 1.82) is 0 Å². The topological polar surface area (TPSA) is 89.3 Å². The van der Waals surface area contributed by atoms with Crippen LogP contribution in [0.15, 0.2) is 24.3 Å². The van der Waals surface area contributed by atoms with Crippen LogP contribution >= 0.6 is 0 Å². The number of hydrogen-bond acceptors (Lipinski definition) is 5. The first-order chi connectivity index (χ1) is 8.81. The molecule has 19 heavy (non-hydrogen) atoms. The highest BCUT2D eigenvalue weighted by molar-refractivity contribution is 7.90. The molecule has 1 atom stereocenters. The average Bonchev–Trinajstić information content (AvgIpc) is 2.27. The third kappa shape index (κ3) is 5.80. The smallest absolute Gasteiger partial charge is 0.269 e. The minimum Gasteiger partial charge on any atom is -0.313 e. The van der Waals surface area contributed by atoms with E-state index in [1.807, 2.05) is 6.92 Å². The van der Waals surface area contributed by atoms with E-state index in [9.17, 15) is 18.5 Å².